The zero-order chi connectivity index (χ0) is 12.1. The van der Waals surface area contributed by atoms with Crippen LogP contribution in [0.15, 0.2) is 0 Å². The summed E-state index contributed by atoms with van der Waals surface area (Å²) in [6, 6.07) is 0. The molecule has 0 aromatic heterocycles. The van der Waals surface area contributed by atoms with Gasteiger partial charge in [-0.1, -0.05) is 27.2 Å². The molecule has 3 nitrogen and oxygen atoms in total. The van der Waals surface area contributed by atoms with Gasteiger partial charge in [0.05, 0.1) is 13.2 Å². The van der Waals surface area contributed by atoms with Gasteiger partial charge in [0.1, 0.15) is 6.61 Å². The van der Waals surface area contributed by atoms with Gasteiger partial charge in [-0.25, -0.2) is 4.79 Å². The molecule has 0 unspecified atom stereocenters. The maximum atomic E-state index is 11.1. The molecule has 0 aromatic carbocycles. The molecule has 94 valence electrons. The summed E-state index contributed by atoms with van der Waals surface area (Å²) in [7, 11) is 1.40. The Morgan fingerprint density at radius 1 is 1.38 bits per heavy atom. The standard InChI is InChI=1S/C13H24O3/c1-9(2)11-6-5-10(3)7-12(11)16-8-13(14)15-4/h9-12H,5-8H2,1-4H3/t10-,11+,12-/m1/s1. The van der Waals surface area contributed by atoms with Crippen molar-refractivity contribution >= 4 is 5.97 Å². The highest BCUT2D eigenvalue weighted by Gasteiger charge is 2.31. The van der Waals surface area contributed by atoms with Gasteiger partial charge in [-0.05, 0) is 30.6 Å². The van der Waals surface area contributed by atoms with Gasteiger partial charge in [-0.3, -0.25) is 0 Å². The Hall–Kier alpha value is -0.570. The van der Waals surface area contributed by atoms with Crippen molar-refractivity contribution in [3.8, 4) is 0 Å². The van der Waals surface area contributed by atoms with E-state index >= 15 is 0 Å². The molecule has 16 heavy (non-hydrogen) atoms. The number of hydrogen-bond donors (Lipinski definition) is 0. The van der Waals surface area contributed by atoms with Gasteiger partial charge in [-0.2, -0.15) is 0 Å². The van der Waals surface area contributed by atoms with Crippen molar-refractivity contribution in [1.29, 1.82) is 0 Å². The Balaban J connectivity index is 2.47. The minimum Gasteiger partial charge on any atom is -0.467 e. The molecule has 1 saturated carbocycles. The van der Waals surface area contributed by atoms with Crippen LogP contribution in [0.5, 0.6) is 0 Å². The van der Waals surface area contributed by atoms with Crippen LogP contribution < -0.4 is 0 Å². The topological polar surface area (TPSA) is 35.5 Å². The molecule has 1 aliphatic rings. The first-order chi connectivity index (χ1) is 7.54. The second kappa shape index (κ2) is 6.24. The number of carbonyl (C=O) groups is 1. The summed E-state index contributed by atoms with van der Waals surface area (Å²) in [5, 5.41) is 0. The highest BCUT2D eigenvalue weighted by molar-refractivity contribution is 5.70. The molecule has 1 aliphatic carbocycles. The van der Waals surface area contributed by atoms with Crippen molar-refractivity contribution in [2.45, 2.75) is 46.1 Å². The largest absolute Gasteiger partial charge is 0.467 e. The minimum atomic E-state index is -0.277. The van der Waals surface area contributed by atoms with Crippen molar-refractivity contribution in [1.82, 2.24) is 0 Å². The van der Waals surface area contributed by atoms with E-state index in [4.69, 9.17) is 4.74 Å². The molecule has 0 heterocycles. The molecule has 1 fully saturated rings. The fourth-order valence-corrected chi connectivity index (χ4v) is 2.54. The molecule has 0 bridgehead atoms. The number of ether oxygens (including phenoxy) is 2. The van der Waals surface area contributed by atoms with Crippen LogP contribution in [0.4, 0.5) is 0 Å². The molecule has 0 radical (unpaired) electrons. The molecule has 0 aliphatic heterocycles. The van der Waals surface area contributed by atoms with Crippen LogP contribution in [0.1, 0.15) is 40.0 Å². The average Bonchev–Trinajstić information content (AvgIpc) is 2.25. The number of esters is 1. The van der Waals surface area contributed by atoms with Gasteiger partial charge in [-0.15, -0.1) is 0 Å². The Bertz CT molecular complexity index is 225. The number of methoxy groups -OCH3 is 1. The fraction of sp³-hybridized carbons (Fsp3) is 0.923. The number of carbonyl (C=O) groups excluding carboxylic acids is 1. The highest BCUT2D eigenvalue weighted by atomic mass is 16.6. The smallest absolute Gasteiger partial charge is 0.331 e. The van der Waals surface area contributed by atoms with Crippen molar-refractivity contribution in [3.63, 3.8) is 0 Å². The minimum absolute atomic E-state index is 0.0944. The predicted octanol–water partition coefficient (Wildman–Crippen LogP) is 2.64. The summed E-state index contributed by atoms with van der Waals surface area (Å²) in [5.41, 5.74) is 0. The summed E-state index contributed by atoms with van der Waals surface area (Å²) < 4.78 is 10.3. The molecule has 0 amide bonds. The second-order valence-electron chi connectivity index (χ2n) is 5.25. The molecule has 0 saturated heterocycles. The summed E-state index contributed by atoms with van der Waals surface area (Å²) >= 11 is 0. The third-order valence-corrected chi connectivity index (χ3v) is 3.60. The normalized spacial score (nSPS) is 30.4. The van der Waals surface area contributed by atoms with E-state index in [-0.39, 0.29) is 18.7 Å². The first-order valence-corrected chi connectivity index (χ1v) is 6.23. The highest BCUT2D eigenvalue weighted by Crippen LogP contribution is 2.35. The number of hydrogen-bond acceptors (Lipinski definition) is 3. The van der Waals surface area contributed by atoms with Crippen molar-refractivity contribution in [2.24, 2.45) is 17.8 Å². The van der Waals surface area contributed by atoms with E-state index in [1.807, 2.05) is 0 Å². The van der Waals surface area contributed by atoms with Crippen molar-refractivity contribution in [2.75, 3.05) is 13.7 Å². The lowest BCUT2D eigenvalue weighted by molar-refractivity contribution is -0.151. The lowest BCUT2D eigenvalue weighted by Gasteiger charge is -2.36. The van der Waals surface area contributed by atoms with E-state index in [0.717, 1.165) is 6.42 Å². The van der Waals surface area contributed by atoms with E-state index in [1.165, 1.54) is 20.0 Å². The first-order valence-electron chi connectivity index (χ1n) is 6.23. The molecule has 0 N–H and O–H groups in total. The zero-order valence-corrected chi connectivity index (χ0v) is 10.9. The molecule has 3 heteroatoms. The third-order valence-electron chi connectivity index (χ3n) is 3.60. The molecular formula is C13H24O3. The maximum Gasteiger partial charge on any atom is 0.331 e. The van der Waals surface area contributed by atoms with Crippen LogP contribution in [-0.4, -0.2) is 25.8 Å². The van der Waals surface area contributed by atoms with Crippen LogP contribution in [0.25, 0.3) is 0 Å². The van der Waals surface area contributed by atoms with Crippen molar-refractivity contribution in [3.05, 3.63) is 0 Å². The van der Waals surface area contributed by atoms with E-state index in [9.17, 15) is 4.79 Å². The summed E-state index contributed by atoms with van der Waals surface area (Å²) in [6.07, 6.45) is 3.79. The Labute approximate surface area is 98.5 Å². The van der Waals surface area contributed by atoms with Crippen LogP contribution >= 0.6 is 0 Å². The van der Waals surface area contributed by atoms with Crippen LogP contribution in [0.2, 0.25) is 0 Å². The van der Waals surface area contributed by atoms with Crippen LogP contribution in [0.3, 0.4) is 0 Å². The monoisotopic (exact) mass is 228 g/mol. The van der Waals surface area contributed by atoms with Crippen LogP contribution in [0, 0.1) is 17.8 Å². The third kappa shape index (κ3) is 3.78. The Kier molecular flexibility index (Phi) is 5.26. The number of rotatable bonds is 4. The average molecular weight is 228 g/mol. The molecule has 0 spiro atoms. The Morgan fingerprint density at radius 2 is 2.06 bits per heavy atom. The second-order valence-corrected chi connectivity index (χ2v) is 5.25. The first kappa shape index (κ1) is 13.5. The van der Waals surface area contributed by atoms with E-state index < -0.39 is 0 Å². The van der Waals surface area contributed by atoms with Gasteiger partial charge in [0.25, 0.3) is 0 Å². The summed E-state index contributed by atoms with van der Waals surface area (Å²) in [5.74, 6) is 1.63. The van der Waals surface area contributed by atoms with E-state index in [1.54, 1.807) is 0 Å². The lowest BCUT2D eigenvalue weighted by Crippen LogP contribution is -2.35. The molecular weight excluding hydrogens is 204 g/mol. The maximum absolute atomic E-state index is 11.1. The SMILES string of the molecule is COC(=O)CO[C@@H]1C[C@H](C)CC[C@H]1C(C)C. The van der Waals surface area contributed by atoms with Crippen LogP contribution in [-0.2, 0) is 14.3 Å². The van der Waals surface area contributed by atoms with Gasteiger partial charge >= 0.3 is 5.97 Å². The van der Waals surface area contributed by atoms with E-state index in [0.29, 0.717) is 17.8 Å². The molecule has 3 atom stereocenters. The quantitative estimate of drug-likeness (QED) is 0.694. The van der Waals surface area contributed by atoms with E-state index in [2.05, 4.69) is 25.5 Å². The molecule has 1 rings (SSSR count). The predicted molar refractivity (Wildman–Crippen MR) is 63.1 cm³/mol. The van der Waals surface area contributed by atoms with Crippen molar-refractivity contribution < 1.29 is 14.3 Å². The zero-order valence-electron chi connectivity index (χ0n) is 10.9. The van der Waals surface area contributed by atoms with Gasteiger partial charge in [0, 0.05) is 0 Å². The van der Waals surface area contributed by atoms with Gasteiger partial charge < -0.3 is 9.47 Å². The summed E-state index contributed by atoms with van der Waals surface area (Å²) in [6.45, 7) is 6.81. The van der Waals surface area contributed by atoms with Gasteiger partial charge in [0.2, 0.25) is 0 Å². The van der Waals surface area contributed by atoms with Gasteiger partial charge in [0.15, 0.2) is 0 Å². The Morgan fingerprint density at radius 3 is 2.62 bits per heavy atom. The molecule has 0 aromatic rings. The lowest BCUT2D eigenvalue weighted by atomic mass is 9.75. The summed E-state index contributed by atoms with van der Waals surface area (Å²) in [4.78, 5) is 11.1. The fourth-order valence-electron chi connectivity index (χ4n) is 2.54.